The van der Waals surface area contributed by atoms with Crippen LogP contribution < -0.4 is 0 Å². The van der Waals surface area contributed by atoms with Gasteiger partial charge in [0.1, 0.15) is 0 Å². The van der Waals surface area contributed by atoms with Gasteiger partial charge in [-0.3, -0.25) is 0 Å². The molecule has 1 heteroatoms. The average molecular weight is 359 g/mol. The third-order valence-corrected chi connectivity index (χ3v) is 12.1. The molecule has 0 saturated heterocycles. The van der Waals surface area contributed by atoms with Crippen molar-refractivity contribution in [2.45, 2.75) is 102 Å². The topological polar surface area (TPSA) is 0 Å². The van der Waals surface area contributed by atoms with Crippen molar-refractivity contribution in [1.29, 1.82) is 0 Å². The van der Waals surface area contributed by atoms with Crippen molar-refractivity contribution in [3.63, 3.8) is 0 Å². The molecule has 8 fully saturated rings. The van der Waals surface area contributed by atoms with Gasteiger partial charge in [0.05, 0.1) is 0 Å². The van der Waals surface area contributed by atoms with Gasteiger partial charge in [-0.25, -0.2) is 0 Å². The Morgan fingerprint density at radius 1 is 0.640 bits per heavy atom. The lowest BCUT2D eigenvalue weighted by molar-refractivity contribution is -0.157. The van der Waals surface area contributed by atoms with Gasteiger partial charge < -0.3 is 0 Å². The second-order valence-electron chi connectivity index (χ2n) is 12.1. The third kappa shape index (κ3) is 2.10. The molecule has 0 aliphatic heterocycles. The molecule has 0 N–H and O–H groups in total. The fourth-order valence-electron chi connectivity index (χ4n) is 10.8. The molecule has 0 aromatic carbocycles. The van der Waals surface area contributed by atoms with Crippen LogP contribution >= 0.6 is 9.24 Å². The molecule has 8 bridgehead atoms. The van der Waals surface area contributed by atoms with Gasteiger partial charge >= 0.3 is 0 Å². The van der Waals surface area contributed by atoms with E-state index in [1.807, 2.05) is 0 Å². The monoisotopic (exact) mass is 358 g/mol. The van der Waals surface area contributed by atoms with E-state index in [0.29, 0.717) is 16.0 Å². The summed E-state index contributed by atoms with van der Waals surface area (Å²) in [6.45, 7) is 2.49. The first-order chi connectivity index (χ1) is 12.0. The molecule has 8 aliphatic carbocycles. The first-order valence-electron chi connectivity index (χ1n) is 11.8. The zero-order chi connectivity index (χ0) is 16.9. The van der Waals surface area contributed by atoms with Crippen LogP contribution in [0.2, 0.25) is 0 Å². The molecule has 8 aliphatic rings. The Labute approximate surface area is 157 Å². The Bertz CT molecular complexity index is 446. The predicted octanol–water partition coefficient (Wildman–Crippen LogP) is 6.83. The molecule has 0 nitrogen and oxygen atoms in total. The second-order valence-corrected chi connectivity index (χ2v) is 13.1. The van der Waals surface area contributed by atoms with Gasteiger partial charge in [0.15, 0.2) is 0 Å². The Morgan fingerprint density at radius 2 is 0.920 bits per heavy atom. The third-order valence-electron chi connectivity index (χ3n) is 10.6. The minimum absolute atomic E-state index is 0.584. The highest BCUT2D eigenvalue weighted by atomic mass is 31.0. The van der Waals surface area contributed by atoms with Crippen LogP contribution in [-0.4, -0.2) is 5.16 Å². The van der Waals surface area contributed by atoms with Gasteiger partial charge in [-0.05, 0) is 135 Å². The lowest BCUT2D eigenvalue weighted by Gasteiger charge is -2.72. The fourth-order valence-corrected chi connectivity index (χ4v) is 11.8. The van der Waals surface area contributed by atoms with Gasteiger partial charge in [-0.15, -0.1) is 9.24 Å². The van der Waals surface area contributed by atoms with Crippen LogP contribution in [-0.2, 0) is 0 Å². The summed E-state index contributed by atoms with van der Waals surface area (Å²) in [4.78, 5) is 0. The second kappa shape index (κ2) is 5.27. The van der Waals surface area contributed by atoms with E-state index in [1.165, 1.54) is 12.8 Å². The van der Waals surface area contributed by atoms with E-state index in [-0.39, 0.29) is 0 Å². The maximum atomic E-state index is 3.69. The molecule has 25 heavy (non-hydrogen) atoms. The van der Waals surface area contributed by atoms with Crippen molar-refractivity contribution in [3.05, 3.63) is 0 Å². The zero-order valence-electron chi connectivity index (χ0n) is 16.4. The maximum Gasteiger partial charge on any atom is -0.00373 e. The highest BCUT2D eigenvalue weighted by Crippen LogP contribution is 2.76. The standard InChI is InChI=1S/C24H39P/c1-2-3-24(25,22-10-16-4-17(11-22)6-18(5-16)12-22)23-13-19-7-20(14-23)9-21(8-19)15-23/h16-21H,2-15,25H2,1H3. The van der Waals surface area contributed by atoms with E-state index in [1.54, 1.807) is 77.0 Å². The van der Waals surface area contributed by atoms with E-state index < -0.39 is 0 Å². The van der Waals surface area contributed by atoms with Crippen LogP contribution in [0.3, 0.4) is 0 Å². The molecule has 0 amide bonds. The molecule has 1 atom stereocenters. The van der Waals surface area contributed by atoms with Crippen LogP contribution in [0.4, 0.5) is 0 Å². The summed E-state index contributed by atoms with van der Waals surface area (Å²) in [6.07, 6.45) is 22.2. The molecule has 0 heterocycles. The quantitative estimate of drug-likeness (QED) is 0.483. The first kappa shape index (κ1) is 16.4. The minimum Gasteiger partial charge on any atom is -0.130 e. The van der Waals surface area contributed by atoms with E-state index in [9.17, 15) is 0 Å². The molecular formula is C24H39P. The van der Waals surface area contributed by atoms with Gasteiger partial charge in [-0.2, -0.15) is 0 Å². The average Bonchev–Trinajstić information content (AvgIpc) is 2.52. The summed E-state index contributed by atoms with van der Waals surface area (Å²) in [5.74, 6) is 6.65. The first-order valence-corrected chi connectivity index (χ1v) is 12.4. The minimum atomic E-state index is 0.584. The molecule has 0 spiro atoms. The van der Waals surface area contributed by atoms with Crippen molar-refractivity contribution in [2.24, 2.45) is 46.3 Å². The molecule has 8 saturated carbocycles. The van der Waals surface area contributed by atoms with Gasteiger partial charge in [0.25, 0.3) is 0 Å². The molecule has 0 radical (unpaired) electrons. The van der Waals surface area contributed by atoms with Crippen molar-refractivity contribution >= 4 is 9.24 Å². The molecule has 0 aromatic heterocycles. The Balaban J connectivity index is 1.44. The molecule has 140 valence electrons. The summed E-state index contributed by atoms with van der Waals surface area (Å²) in [6, 6.07) is 0. The van der Waals surface area contributed by atoms with Crippen molar-refractivity contribution in [2.75, 3.05) is 0 Å². The van der Waals surface area contributed by atoms with Gasteiger partial charge in [0, 0.05) is 0 Å². The van der Waals surface area contributed by atoms with Gasteiger partial charge in [0.2, 0.25) is 0 Å². The highest BCUT2D eigenvalue weighted by molar-refractivity contribution is 7.19. The number of hydrogen-bond acceptors (Lipinski definition) is 0. The Kier molecular flexibility index (Phi) is 3.46. The predicted molar refractivity (Wildman–Crippen MR) is 109 cm³/mol. The summed E-state index contributed by atoms with van der Waals surface area (Å²) in [5.41, 5.74) is 1.43. The van der Waals surface area contributed by atoms with E-state index in [2.05, 4.69) is 16.2 Å². The SMILES string of the molecule is CCCC(P)(C12CC3CC(CC(C3)C1)C2)C12CC3CC(CC(C3)C1)C2. The number of hydrogen-bond donors (Lipinski definition) is 0. The van der Waals surface area contributed by atoms with Gasteiger partial charge in [-0.1, -0.05) is 13.3 Å². The molecular weight excluding hydrogens is 319 g/mol. The Morgan fingerprint density at radius 3 is 1.16 bits per heavy atom. The van der Waals surface area contributed by atoms with E-state index in [0.717, 1.165) is 35.5 Å². The largest absolute Gasteiger partial charge is 0.130 e. The molecule has 1 unspecified atom stereocenters. The van der Waals surface area contributed by atoms with Crippen LogP contribution in [0.15, 0.2) is 0 Å². The molecule has 8 rings (SSSR count). The maximum absolute atomic E-state index is 3.69. The van der Waals surface area contributed by atoms with E-state index in [4.69, 9.17) is 0 Å². The lowest BCUT2D eigenvalue weighted by Crippen LogP contribution is -2.65. The number of rotatable bonds is 4. The fraction of sp³-hybridized carbons (Fsp3) is 1.00. The summed E-state index contributed by atoms with van der Waals surface area (Å²) < 4.78 is 0. The summed E-state index contributed by atoms with van der Waals surface area (Å²) in [7, 11) is 3.69. The van der Waals surface area contributed by atoms with Crippen molar-refractivity contribution < 1.29 is 0 Å². The van der Waals surface area contributed by atoms with Crippen LogP contribution in [0.25, 0.3) is 0 Å². The van der Waals surface area contributed by atoms with Crippen LogP contribution in [0.1, 0.15) is 96.8 Å². The lowest BCUT2D eigenvalue weighted by atomic mass is 9.37. The zero-order valence-corrected chi connectivity index (χ0v) is 17.6. The summed E-state index contributed by atoms with van der Waals surface area (Å²) >= 11 is 0. The van der Waals surface area contributed by atoms with Crippen molar-refractivity contribution in [1.82, 2.24) is 0 Å². The smallest absolute Gasteiger partial charge is 0.00373 e. The van der Waals surface area contributed by atoms with Crippen LogP contribution in [0, 0.1) is 46.3 Å². The Hall–Kier alpha value is 0.430. The normalized spacial score (nSPS) is 57.8. The molecule has 0 aromatic rings. The summed E-state index contributed by atoms with van der Waals surface area (Å²) in [5, 5.41) is 0.584. The van der Waals surface area contributed by atoms with E-state index >= 15 is 0 Å². The van der Waals surface area contributed by atoms with Crippen LogP contribution in [0.5, 0.6) is 0 Å². The van der Waals surface area contributed by atoms with Crippen molar-refractivity contribution in [3.8, 4) is 0 Å². The highest BCUT2D eigenvalue weighted by Gasteiger charge is 2.67.